The molecule has 4 nitrogen and oxygen atoms in total. The first-order chi connectivity index (χ1) is 9.11. The molecule has 100 valence electrons. The highest BCUT2D eigenvalue weighted by molar-refractivity contribution is 5.87. The number of imidazole rings is 1. The molecule has 0 aliphatic rings. The third kappa shape index (κ3) is 2.99. The lowest BCUT2D eigenvalue weighted by Crippen LogP contribution is -2.07. The molecule has 0 amide bonds. The van der Waals surface area contributed by atoms with Crippen LogP contribution in [0.5, 0.6) is 0 Å². The second kappa shape index (κ2) is 5.65. The first-order valence-corrected chi connectivity index (χ1v) is 6.13. The molecule has 0 radical (unpaired) electrons. The minimum Gasteiger partial charge on any atom is -0.478 e. The maximum Gasteiger partial charge on any atom is 0.335 e. The number of benzene rings is 1. The number of aromatic carboxylic acids is 1. The molecule has 0 saturated heterocycles. The summed E-state index contributed by atoms with van der Waals surface area (Å²) in [6, 6.07) is 3.82. The maximum absolute atomic E-state index is 13.7. The molecule has 0 aliphatic heterocycles. The zero-order valence-electron chi connectivity index (χ0n) is 10.6. The van der Waals surface area contributed by atoms with Gasteiger partial charge in [-0.1, -0.05) is 6.92 Å². The molecule has 1 N–H and O–H groups in total. The van der Waals surface area contributed by atoms with Crippen molar-refractivity contribution in [2.75, 3.05) is 0 Å². The van der Waals surface area contributed by atoms with Crippen molar-refractivity contribution < 1.29 is 14.3 Å². The van der Waals surface area contributed by atoms with E-state index in [0.29, 0.717) is 12.1 Å². The lowest BCUT2D eigenvalue weighted by molar-refractivity contribution is 0.0696. The van der Waals surface area contributed by atoms with Crippen LogP contribution in [0.25, 0.3) is 0 Å². The summed E-state index contributed by atoms with van der Waals surface area (Å²) in [6.45, 7) is 2.34. The SMILES string of the molecule is CCCc1nccn1Cc1cc(C(=O)O)ccc1F. The van der Waals surface area contributed by atoms with Gasteiger partial charge in [-0.25, -0.2) is 14.2 Å². The van der Waals surface area contributed by atoms with Gasteiger partial charge in [-0.05, 0) is 24.6 Å². The highest BCUT2D eigenvalue weighted by Gasteiger charge is 2.10. The van der Waals surface area contributed by atoms with E-state index in [1.807, 2.05) is 11.5 Å². The Morgan fingerprint density at radius 3 is 2.95 bits per heavy atom. The summed E-state index contributed by atoms with van der Waals surface area (Å²) in [4.78, 5) is 15.1. The average molecular weight is 262 g/mol. The van der Waals surface area contributed by atoms with Gasteiger partial charge in [0.2, 0.25) is 0 Å². The fourth-order valence-corrected chi connectivity index (χ4v) is 1.95. The zero-order valence-corrected chi connectivity index (χ0v) is 10.6. The number of aryl methyl sites for hydroxylation is 1. The van der Waals surface area contributed by atoms with Gasteiger partial charge in [0.15, 0.2) is 0 Å². The van der Waals surface area contributed by atoms with Gasteiger partial charge in [-0.3, -0.25) is 0 Å². The number of halogens is 1. The Morgan fingerprint density at radius 2 is 2.26 bits per heavy atom. The van der Waals surface area contributed by atoms with Crippen LogP contribution in [0.15, 0.2) is 30.6 Å². The number of carbonyl (C=O) groups is 1. The number of hydrogen-bond acceptors (Lipinski definition) is 2. The van der Waals surface area contributed by atoms with E-state index in [1.54, 1.807) is 12.4 Å². The number of rotatable bonds is 5. The van der Waals surface area contributed by atoms with E-state index in [-0.39, 0.29) is 5.56 Å². The Bertz CT molecular complexity index is 593. The van der Waals surface area contributed by atoms with Crippen LogP contribution in [0.4, 0.5) is 4.39 Å². The van der Waals surface area contributed by atoms with E-state index in [2.05, 4.69) is 4.98 Å². The Kier molecular flexibility index (Phi) is 3.94. The molecule has 0 saturated carbocycles. The van der Waals surface area contributed by atoms with Crippen molar-refractivity contribution in [3.8, 4) is 0 Å². The first kappa shape index (κ1) is 13.3. The summed E-state index contributed by atoms with van der Waals surface area (Å²) in [6.07, 6.45) is 5.21. The van der Waals surface area contributed by atoms with Crippen molar-refractivity contribution in [2.24, 2.45) is 0 Å². The van der Waals surface area contributed by atoms with E-state index >= 15 is 0 Å². The molecule has 5 heteroatoms. The van der Waals surface area contributed by atoms with Crippen molar-refractivity contribution in [3.05, 3.63) is 53.4 Å². The van der Waals surface area contributed by atoms with Gasteiger partial charge >= 0.3 is 5.97 Å². The van der Waals surface area contributed by atoms with Crippen molar-refractivity contribution in [1.29, 1.82) is 0 Å². The van der Waals surface area contributed by atoms with E-state index in [0.717, 1.165) is 18.7 Å². The molecule has 1 aromatic carbocycles. The van der Waals surface area contributed by atoms with E-state index in [4.69, 9.17) is 5.11 Å². The van der Waals surface area contributed by atoms with Crippen molar-refractivity contribution in [3.63, 3.8) is 0 Å². The number of nitrogens with zero attached hydrogens (tertiary/aromatic N) is 2. The fraction of sp³-hybridized carbons (Fsp3) is 0.286. The standard InChI is InChI=1S/C14H15FN2O2/c1-2-3-13-16-6-7-17(13)9-11-8-10(14(18)19)4-5-12(11)15/h4-8H,2-3,9H2,1H3,(H,18,19). The van der Waals surface area contributed by atoms with Crippen LogP contribution < -0.4 is 0 Å². The van der Waals surface area contributed by atoms with Crippen LogP contribution in [0, 0.1) is 5.82 Å². The van der Waals surface area contributed by atoms with Gasteiger partial charge in [0.05, 0.1) is 12.1 Å². The molecular formula is C14H15FN2O2. The molecule has 0 atom stereocenters. The number of hydrogen-bond donors (Lipinski definition) is 1. The molecular weight excluding hydrogens is 247 g/mol. The molecule has 0 unspecified atom stereocenters. The summed E-state index contributed by atoms with van der Waals surface area (Å²) in [7, 11) is 0. The Morgan fingerprint density at radius 1 is 1.47 bits per heavy atom. The molecule has 0 spiro atoms. The molecule has 2 rings (SSSR count). The minimum atomic E-state index is -1.05. The highest BCUT2D eigenvalue weighted by Crippen LogP contribution is 2.14. The largest absolute Gasteiger partial charge is 0.478 e. The Hall–Kier alpha value is -2.17. The molecule has 1 heterocycles. The summed E-state index contributed by atoms with van der Waals surface area (Å²) < 4.78 is 15.6. The predicted molar refractivity (Wildman–Crippen MR) is 68.7 cm³/mol. The molecule has 19 heavy (non-hydrogen) atoms. The van der Waals surface area contributed by atoms with Crippen LogP contribution in [-0.2, 0) is 13.0 Å². The van der Waals surface area contributed by atoms with Crippen molar-refractivity contribution >= 4 is 5.97 Å². The summed E-state index contributed by atoms with van der Waals surface area (Å²) >= 11 is 0. The molecule has 0 bridgehead atoms. The molecule has 2 aromatic rings. The smallest absolute Gasteiger partial charge is 0.335 e. The monoisotopic (exact) mass is 262 g/mol. The summed E-state index contributed by atoms with van der Waals surface area (Å²) in [5.74, 6) is -0.579. The lowest BCUT2D eigenvalue weighted by atomic mass is 10.1. The van der Waals surface area contributed by atoms with Gasteiger partial charge in [0, 0.05) is 24.4 Å². The van der Waals surface area contributed by atoms with Crippen LogP contribution >= 0.6 is 0 Å². The summed E-state index contributed by atoms with van der Waals surface area (Å²) in [5.41, 5.74) is 0.448. The van der Waals surface area contributed by atoms with Gasteiger partial charge in [0.25, 0.3) is 0 Å². The second-order valence-corrected chi connectivity index (χ2v) is 4.33. The van der Waals surface area contributed by atoms with Gasteiger partial charge in [-0.2, -0.15) is 0 Å². The predicted octanol–water partition coefficient (Wildman–Crippen LogP) is 2.72. The normalized spacial score (nSPS) is 10.6. The van der Waals surface area contributed by atoms with Crippen LogP contribution in [0.3, 0.4) is 0 Å². The number of carboxylic acids is 1. The number of carboxylic acid groups (broad SMARTS) is 1. The first-order valence-electron chi connectivity index (χ1n) is 6.13. The van der Waals surface area contributed by atoms with Gasteiger partial charge < -0.3 is 9.67 Å². The topological polar surface area (TPSA) is 55.1 Å². The van der Waals surface area contributed by atoms with Crippen molar-refractivity contribution in [1.82, 2.24) is 9.55 Å². The summed E-state index contributed by atoms with van der Waals surface area (Å²) in [5, 5.41) is 8.92. The Balaban J connectivity index is 2.29. The molecule has 1 aromatic heterocycles. The van der Waals surface area contributed by atoms with Crippen LogP contribution in [0.1, 0.15) is 35.1 Å². The van der Waals surface area contributed by atoms with Crippen molar-refractivity contribution in [2.45, 2.75) is 26.3 Å². The van der Waals surface area contributed by atoms with E-state index < -0.39 is 11.8 Å². The zero-order chi connectivity index (χ0) is 13.8. The third-order valence-corrected chi connectivity index (χ3v) is 2.91. The van der Waals surface area contributed by atoms with Gasteiger partial charge in [-0.15, -0.1) is 0 Å². The lowest BCUT2D eigenvalue weighted by Gasteiger charge is -2.09. The highest BCUT2D eigenvalue weighted by atomic mass is 19.1. The van der Waals surface area contributed by atoms with Gasteiger partial charge in [0.1, 0.15) is 11.6 Å². The number of aromatic nitrogens is 2. The quantitative estimate of drug-likeness (QED) is 0.901. The second-order valence-electron chi connectivity index (χ2n) is 4.33. The third-order valence-electron chi connectivity index (χ3n) is 2.91. The molecule has 0 fully saturated rings. The van der Waals surface area contributed by atoms with Crippen LogP contribution in [-0.4, -0.2) is 20.6 Å². The Labute approximate surface area is 110 Å². The van der Waals surface area contributed by atoms with Crippen LogP contribution in [0.2, 0.25) is 0 Å². The maximum atomic E-state index is 13.7. The van der Waals surface area contributed by atoms with E-state index in [1.165, 1.54) is 18.2 Å². The minimum absolute atomic E-state index is 0.0913. The molecule has 0 aliphatic carbocycles. The average Bonchev–Trinajstić information content (AvgIpc) is 2.80. The van der Waals surface area contributed by atoms with E-state index in [9.17, 15) is 9.18 Å². The fourth-order valence-electron chi connectivity index (χ4n) is 1.95.